The molecule has 0 aromatic carbocycles. The van der Waals surface area contributed by atoms with Gasteiger partial charge in [-0.15, -0.1) is 11.6 Å². The Bertz CT molecular complexity index is 265. The van der Waals surface area contributed by atoms with Gasteiger partial charge in [-0.3, -0.25) is 4.79 Å². The van der Waals surface area contributed by atoms with E-state index in [9.17, 15) is 18.0 Å². The Balaban J connectivity index is 4.24. The van der Waals surface area contributed by atoms with E-state index in [1.807, 2.05) is 6.92 Å². The molecule has 0 radical (unpaired) electrons. The minimum atomic E-state index is -4.39. The van der Waals surface area contributed by atoms with E-state index in [0.29, 0.717) is 6.42 Å². The summed E-state index contributed by atoms with van der Waals surface area (Å²) in [6.07, 6.45) is -0.222. The fraction of sp³-hybridized carbons (Fsp3) is 0.750. The minimum Gasteiger partial charge on any atom is -0.457 e. The molecule has 0 aromatic heterocycles. The van der Waals surface area contributed by atoms with Gasteiger partial charge in [0.25, 0.3) is 0 Å². The summed E-state index contributed by atoms with van der Waals surface area (Å²) in [6, 6.07) is 0. The molecule has 0 aliphatic carbocycles. The summed E-state index contributed by atoms with van der Waals surface area (Å²) in [7, 11) is 0. The predicted octanol–water partition coefficient (Wildman–Crippen LogP) is 4.23. The second-order valence-electron chi connectivity index (χ2n) is 3.91. The van der Waals surface area contributed by atoms with Crippen molar-refractivity contribution in [1.29, 1.82) is 0 Å². The summed E-state index contributed by atoms with van der Waals surface area (Å²) < 4.78 is 40.9. The number of alkyl halides is 4. The Hall–Kier alpha value is -0.710. The summed E-state index contributed by atoms with van der Waals surface area (Å²) in [5.74, 6) is -1.06. The van der Waals surface area contributed by atoms with E-state index in [4.69, 9.17) is 16.3 Å². The second kappa shape index (κ2) is 9.25. The van der Waals surface area contributed by atoms with Gasteiger partial charge in [-0.25, -0.2) is 0 Å². The fourth-order valence-corrected chi connectivity index (χ4v) is 1.45. The van der Waals surface area contributed by atoms with E-state index in [2.05, 4.69) is 0 Å². The van der Waals surface area contributed by atoms with Crippen molar-refractivity contribution in [2.45, 2.75) is 51.3 Å². The van der Waals surface area contributed by atoms with Crippen molar-refractivity contribution in [2.24, 2.45) is 0 Å². The Morgan fingerprint density at radius 2 is 2.00 bits per heavy atom. The van der Waals surface area contributed by atoms with Crippen LogP contribution in [-0.4, -0.2) is 24.1 Å². The van der Waals surface area contributed by atoms with Gasteiger partial charge in [0, 0.05) is 6.08 Å². The summed E-state index contributed by atoms with van der Waals surface area (Å²) in [5.41, 5.74) is 0. The van der Waals surface area contributed by atoms with Crippen molar-refractivity contribution in [3.05, 3.63) is 12.2 Å². The average molecular weight is 287 g/mol. The van der Waals surface area contributed by atoms with E-state index in [1.165, 1.54) is 0 Å². The van der Waals surface area contributed by atoms with Gasteiger partial charge in [0.1, 0.15) is 12.0 Å². The fourth-order valence-electron chi connectivity index (χ4n) is 1.38. The maximum absolute atomic E-state index is 12.0. The van der Waals surface area contributed by atoms with Crippen LogP contribution in [0, 0.1) is 0 Å². The molecular formula is C12H18ClF3O2. The third-order valence-electron chi connectivity index (χ3n) is 2.23. The van der Waals surface area contributed by atoms with Crippen LogP contribution in [0.15, 0.2) is 12.2 Å². The van der Waals surface area contributed by atoms with Gasteiger partial charge in [-0.2, -0.15) is 13.2 Å². The topological polar surface area (TPSA) is 26.3 Å². The molecule has 0 aromatic rings. The first-order valence-electron chi connectivity index (χ1n) is 5.90. The number of esters is 1. The molecule has 0 saturated carbocycles. The monoisotopic (exact) mass is 286 g/mol. The van der Waals surface area contributed by atoms with Gasteiger partial charge in [0.15, 0.2) is 0 Å². The zero-order chi connectivity index (χ0) is 14.0. The van der Waals surface area contributed by atoms with Gasteiger partial charge >= 0.3 is 12.1 Å². The first-order chi connectivity index (χ1) is 8.39. The molecule has 6 heteroatoms. The SMILES string of the molecule is CCCCCCC(/C=C/C(F)(F)F)OC(=O)CCl. The lowest BCUT2D eigenvalue weighted by Crippen LogP contribution is -2.18. The van der Waals surface area contributed by atoms with E-state index in [1.54, 1.807) is 0 Å². The second-order valence-corrected chi connectivity index (χ2v) is 4.18. The molecule has 0 bridgehead atoms. The van der Waals surface area contributed by atoms with Gasteiger partial charge in [0.2, 0.25) is 0 Å². The maximum atomic E-state index is 12.0. The first kappa shape index (κ1) is 17.3. The van der Waals surface area contributed by atoms with Crippen LogP contribution in [0.5, 0.6) is 0 Å². The molecule has 0 N–H and O–H groups in total. The lowest BCUT2D eigenvalue weighted by atomic mass is 10.1. The molecule has 18 heavy (non-hydrogen) atoms. The molecule has 0 spiro atoms. The van der Waals surface area contributed by atoms with Crippen LogP contribution in [-0.2, 0) is 9.53 Å². The van der Waals surface area contributed by atoms with Gasteiger partial charge in [0.05, 0.1) is 0 Å². The normalized spacial score (nSPS) is 13.8. The molecule has 2 nitrogen and oxygen atoms in total. The lowest BCUT2D eigenvalue weighted by Gasteiger charge is -2.13. The van der Waals surface area contributed by atoms with Crippen LogP contribution in [0.3, 0.4) is 0 Å². The molecular weight excluding hydrogens is 269 g/mol. The van der Waals surface area contributed by atoms with Crippen molar-refractivity contribution in [1.82, 2.24) is 0 Å². The van der Waals surface area contributed by atoms with Crippen molar-refractivity contribution < 1.29 is 22.7 Å². The van der Waals surface area contributed by atoms with Crippen molar-refractivity contribution in [3.8, 4) is 0 Å². The smallest absolute Gasteiger partial charge is 0.409 e. The maximum Gasteiger partial charge on any atom is 0.409 e. The Morgan fingerprint density at radius 1 is 1.33 bits per heavy atom. The summed E-state index contributed by atoms with van der Waals surface area (Å²) >= 11 is 5.25. The van der Waals surface area contributed by atoms with Crippen molar-refractivity contribution in [3.63, 3.8) is 0 Å². The number of rotatable bonds is 8. The van der Waals surface area contributed by atoms with E-state index < -0.39 is 18.2 Å². The van der Waals surface area contributed by atoms with Crippen LogP contribution >= 0.6 is 11.6 Å². The Labute approximate surface area is 110 Å². The quantitative estimate of drug-likeness (QED) is 0.289. The van der Waals surface area contributed by atoms with Crippen LogP contribution in [0.1, 0.15) is 39.0 Å². The zero-order valence-corrected chi connectivity index (χ0v) is 11.1. The van der Waals surface area contributed by atoms with Crippen LogP contribution in [0.25, 0.3) is 0 Å². The number of unbranched alkanes of at least 4 members (excludes halogenated alkanes) is 3. The number of ether oxygens (including phenoxy) is 1. The van der Waals surface area contributed by atoms with Crippen LogP contribution in [0.4, 0.5) is 13.2 Å². The largest absolute Gasteiger partial charge is 0.457 e. The molecule has 0 aliphatic rings. The number of carbonyl (C=O) groups is 1. The standard InChI is InChI=1S/C12H18ClF3O2/c1-2-3-4-5-6-10(18-11(17)9-13)7-8-12(14,15)16/h7-8,10H,2-6,9H2,1H3/b8-7+. The molecule has 0 rings (SSSR count). The number of hydrogen-bond acceptors (Lipinski definition) is 2. The highest BCUT2D eigenvalue weighted by molar-refractivity contribution is 6.26. The van der Waals surface area contributed by atoms with Gasteiger partial charge < -0.3 is 4.74 Å². The molecule has 1 atom stereocenters. The van der Waals surface area contributed by atoms with E-state index in [0.717, 1.165) is 31.8 Å². The van der Waals surface area contributed by atoms with Gasteiger partial charge in [-0.1, -0.05) is 26.2 Å². The third kappa shape index (κ3) is 10.4. The molecule has 0 amide bonds. The van der Waals surface area contributed by atoms with Crippen LogP contribution in [0.2, 0.25) is 0 Å². The number of hydrogen-bond donors (Lipinski definition) is 0. The first-order valence-corrected chi connectivity index (χ1v) is 6.44. The lowest BCUT2D eigenvalue weighted by molar-refractivity contribution is -0.144. The predicted molar refractivity (Wildman–Crippen MR) is 64.6 cm³/mol. The van der Waals surface area contributed by atoms with Crippen molar-refractivity contribution >= 4 is 17.6 Å². The Morgan fingerprint density at radius 3 is 2.50 bits per heavy atom. The number of allylic oxidation sites excluding steroid dienone is 1. The summed E-state index contributed by atoms with van der Waals surface area (Å²) in [4.78, 5) is 11.0. The highest BCUT2D eigenvalue weighted by Gasteiger charge is 2.23. The van der Waals surface area contributed by atoms with Gasteiger partial charge in [-0.05, 0) is 18.9 Å². The highest BCUT2D eigenvalue weighted by Crippen LogP contribution is 2.18. The zero-order valence-electron chi connectivity index (χ0n) is 10.3. The van der Waals surface area contributed by atoms with E-state index >= 15 is 0 Å². The van der Waals surface area contributed by atoms with Crippen molar-refractivity contribution in [2.75, 3.05) is 5.88 Å². The van der Waals surface area contributed by atoms with Crippen LogP contribution < -0.4 is 0 Å². The average Bonchev–Trinajstić information content (AvgIpc) is 2.29. The minimum absolute atomic E-state index is 0.0962. The number of carbonyl (C=O) groups excluding carboxylic acids is 1. The summed E-state index contributed by atoms with van der Waals surface area (Å²) in [5, 5.41) is 0. The molecule has 0 aliphatic heterocycles. The molecule has 1 unspecified atom stereocenters. The molecule has 0 saturated heterocycles. The Kier molecular flexibility index (Phi) is 8.89. The summed E-state index contributed by atoms with van der Waals surface area (Å²) in [6.45, 7) is 2.04. The molecule has 106 valence electrons. The molecule has 0 heterocycles. The number of halogens is 4. The third-order valence-corrected chi connectivity index (χ3v) is 2.45. The van der Waals surface area contributed by atoms with E-state index in [-0.39, 0.29) is 12.0 Å². The molecule has 0 fully saturated rings. The highest BCUT2D eigenvalue weighted by atomic mass is 35.5.